The van der Waals surface area contributed by atoms with Gasteiger partial charge < -0.3 is 19.9 Å². The lowest BCUT2D eigenvalue weighted by molar-refractivity contribution is -0.00793. The first-order chi connectivity index (χ1) is 19.7. The topological polar surface area (TPSA) is 176 Å². The third kappa shape index (κ3) is 9.26. The average molecular weight is 601 g/mol. The summed E-state index contributed by atoms with van der Waals surface area (Å²) in [4.78, 5) is 31.6. The van der Waals surface area contributed by atoms with Gasteiger partial charge in [-0.1, -0.05) is 25.9 Å². The van der Waals surface area contributed by atoms with Gasteiger partial charge in [-0.2, -0.15) is 8.42 Å². The Morgan fingerprint density at radius 3 is 2.14 bits per heavy atom. The lowest BCUT2D eigenvalue weighted by Gasteiger charge is -2.44. The molecule has 1 atom stereocenters. The van der Waals surface area contributed by atoms with Crippen LogP contribution in [0.25, 0.3) is 0 Å². The first kappa shape index (κ1) is 30.9. The molecule has 42 heavy (non-hydrogen) atoms. The molecule has 3 aromatic rings. The van der Waals surface area contributed by atoms with Crippen LogP contribution >= 0.6 is 0 Å². The van der Waals surface area contributed by atoms with E-state index in [4.69, 9.17) is 13.8 Å². The van der Waals surface area contributed by atoms with Gasteiger partial charge >= 0.3 is 6.03 Å². The van der Waals surface area contributed by atoms with Gasteiger partial charge in [-0.05, 0) is 68.2 Å². The van der Waals surface area contributed by atoms with Gasteiger partial charge in [0.15, 0.2) is 5.82 Å². The molecule has 3 aliphatic rings. The van der Waals surface area contributed by atoms with Crippen molar-refractivity contribution in [3.63, 3.8) is 0 Å². The number of amides is 3. The van der Waals surface area contributed by atoms with E-state index in [1.54, 1.807) is 48.7 Å². The van der Waals surface area contributed by atoms with Crippen LogP contribution in [0.1, 0.15) is 49.9 Å². The van der Waals surface area contributed by atoms with Crippen molar-refractivity contribution in [2.24, 2.45) is 5.92 Å². The Morgan fingerprint density at radius 1 is 1.02 bits per heavy atom. The lowest BCUT2D eigenvalue weighted by atomic mass is 9.86. The molecular formula is C28H36N6O7S. The van der Waals surface area contributed by atoms with Gasteiger partial charge in [0.25, 0.3) is 16.0 Å². The zero-order valence-corrected chi connectivity index (χ0v) is 24.8. The van der Waals surface area contributed by atoms with Crippen molar-refractivity contribution in [3.05, 3.63) is 60.1 Å². The van der Waals surface area contributed by atoms with E-state index < -0.39 is 16.1 Å². The number of nitrogens with one attached hydrogen (secondary N) is 3. The highest BCUT2D eigenvalue weighted by molar-refractivity contribution is 7.85. The van der Waals surface area contributed by atoms with Gasteiger partial charge in [-0.3, -0.25) is 19.6 Å². The minimum absolute atomic E-state index is 0.190. The van der Waals surface area contributed by atoms with Gasteiger partial charge in [0.05, 0.1) is 12.5 Å². The number of piperidine rings is 3. The summed E-state index contributed by atoms with van der Waals surface area (Å²) < 4.78 is 37.3. The smallest absolute Gasteiger partial charge is 0.324 e. The number of carbonyl (C=O) groups is 2. The van der Waals surface area contributed by atoms with Crippen LogP contribution < -0.4 is 20.7 Å². The number of pyridine rings is 1. The van der Waals surface area contributed by atoms with E-state index in [2.05, 4.69) is 31.0 Å². The predicted molar refractivity (Wildman–Crippen MR) is 158 cm³/mol. The highest BCUT2D eigenvalue weighted by Gasteiger charge is 2.35. The molecule has 3 fully saturated rings. The molecule has 1 aromatic carbocycles. The Labute approximate surface area is 244 Å². The maximum absolute atomic E-state index is 12.6. The van der Waals surface area contributed by atoms with Gasteiger partial charge in [-0.15, -0.1) is 0 Å². The molecular weight excluding hydrogens is 564 g/mol. The lowest BCUT2D eigenvalue weighted by Crippen LogP contribution is -2.52. The normalized spacial score (nSPS) is 19.7. The molecule has 0 radical (unpaired) electrons. The molecule has 2 bridgehead atoms. The summed E-state index contributed by atoms with van der Waals surface area (Å²) in [5.41, 5.74) is 1.23. The maximum Gasteiger partial charge on any atom is 0.324 e. The van der Waals surface area contributed by atoms with Gasteiger partial charge in [-0.25, -0.2) is 9.78 Å². The van der Waals surface area contributed by atoms with Crippen molar-refractivity contribution in [3.8, 4) is 5.75 Å². The van der Waals surface area contributed by atoms with Crippen LogP contribution in [0, 0.1) is 5.92 Å². The zero-order valence-electron chi connectivity index (χ0n) is 24.0. The number of benzene rings is 1. The minimum atomic E-state index is -3.67. The second kappa shape index (κ2) is 12.9. The fourth-order valence-corrected chi connectivity index (χ4v) is 4.60. The molecule has 0 spiro atoms. The Balaban J connectivity index is 0.000000748. The number of fused-ring (bicyclic) bond motifs is 3. The van der Waals surface area contributed by atoms with Gasteiger partial charge in [0, 0.05) is 29.4 Å². The number of urea groups is 1. The van der Waals surface area contributed by atoms with E-state index in [-0.39, 0.29) is 17.4 Å². The fourth-order valence-electron chi connectivity index (χ4n) is 4.60. The van der Waals surface area contributed by atoms with Crippen molar-refractivity contribution in [1.82, 2.24) is 15.0 Å². The maximum atomic E-state index is 12.6. The molecule has 3 aliphatic heterocycles. The van der Waals surface area contributed by atoms with Crippen LogP contribution in [-0.2, 0) is 15.5 Å². The monoisotopic (exact) mass is 600 g/mol. The van der Waals surface area contributed by atoms with E-state index in [0.717, 1.165) is 19.6 Å². The Morgan fingerprint density at radius 2 is 1.64 bits per heavy atom. The van der Waals surface area contributed by atoms with Crippen LogP contribution in [0.15, 0.2) is 53.2 Å². The minimum Gasteiger partial charge on any atom is -0.487 e. The van der Waals surface area contributed by atoms with E-state index in [1.807, 2.05) is 20.8 Å². The van der Waals surface area contributed by atoms with E-state index in [9.17, 15) is 18.0 Å². The Hall–Kier alpha value is -4.01. The first-order valence-electron chi connectivity index (χ1n) is 13.5. The fraction of sp³-hybridized carbons (Fsp3) is 0.429. The van der Waals surface area contributed by atoms with Crippen molar-refractivity contribution in [2.45, 2.75) is 45.1 Å². The number of aromatic nitrogens is 2. The van der Waals surface area contributed by atoms with Crippen LogP contribution in [0.2, 0.25) is 0 Å². The molecule has 6 rings (SSSR count). The number of carbonyl (C=O) groups excluding carboxylic acids is 2. The average Bonchev–Trinajstić information content (AvgIpc) is 3.39. The Bertz CT molecular complexity index is 1470. The van der Waals surface area contributed by atoms with Gasteiger partial charge in [0.1, 0.15) is 23.3 Å². The van der Waals surface area contributed by atoms with Crippen LogP contribution in [-0.4, -0.2) is 71.9 Å². The summed E-state index contributed by atoms with van der Waals surface area (Å²) in [6.45, 7) is 9.27. The second-order valence-electron chi connectivity index (χ2n) is 11.3. The summed E-state index contributed by atoms with van der Waals surface area (Å²) in [5.74, 6) is 1.96. The Kier molecular flexibility index (Phi) is 9.49. The molecule has 0 aliphatic carbocycles. The number of anilines is 3. The molecule has 226 valence electrons. The molecule has 0 saturated carbocycles. The number of hydrogen-bond acceptors (Lipinski definition) is 9. The molecule has 5 heterocycles. The van der Waals surface area contributed by atoms with Crippen molar-refractivity contribution >= 4 is 39.2 Å². The summed E-state index contributed by atoms with van der Waals surface area (Å²) in [7, 11) is -3.67. The summed E-state index contributed by atoms with van der Waals surface area (Å²) >= 11 is 0. The summed E-state index contributed by atoms with van der Waals surface area (Å²) in [6.07, 6.45) is 4.87. The van der Waals surface area contributed by atoms with Crippen LogP contribution in [0.3, 0.4) is 0 Å². The van der Waals surface area contributed by atoms with Crippen molar-refractivity contribution < 1.29 is 31.8 Å². The van der Waals surface area contributed by atoms with Crippen molar-refractivity contribution in [2.75, 3.05) is 41.8 Å². The number of ether oxygens (including phenoxy) is 1. The number of nitrogens with zero attached hydrogens (tertiary/aromatic N) is 3. The molecule has 2 aromatic heterocycles. The summed E-state index contributed by atoms with van der Waals surface area (Å²) in [6, 6.07) is 11.5. The quantitative estimate of drug-likeness (QED) is 0.299. The van der Waals surface area contributed by atoms with Crippen molar-refractivity contribution in [1.29, 1.82) is 0 Å². The standard InChI is InChI=1S/C27H32N6O4.CH4O3S/c1-27(2,3)23-14-24(32-37-23)31-26(35)30-19-6-4-18(5-7-19)29-25(34)21-9-8-20(15-28-21)36-22-16-33-12-10-17(22)11-13-33;1-5(2,3)4/h4-9,14-15,17,22H,10-13,16H2,1-3H3,(H,29,34)(H2,30,31,32,35);1H3,(H,2,3,4). The van der Waals surface area contributed by atoms with E-state index in [1.165, 1.54) is 12.8 Å². The van der Waals surface area contributed by atoms with Crippen LogP contribution in [0.4, 0.5) is 22.0 Å². The van der Waals surface area contributed by atoms with E-state index in [0.29, 0.717) is 46.6 Å². The molecule has 13 nitrogen and oxygen atoms in total. The molecule has 14 heteroatoms. The number of rotatable bonds is 6. The second-order valence-corrected chi connectivity index (χ2v) is 12.8. The number of hydrogen-bond donors (Lipinski definition) is 4. The highest BCUT2D eigenvalue weighted by Crippen LogP contribution is 2.30. The molecule has 1 unspecified atom stereocenters. The predicted octanol–water partition coefficient (Wildman–Crippen LogP) is 4.24. The zero-order chi connectivity index (χ0) is 30.5. The SMILES string of the molecule is CC(C)(C)c1cc(NC(=O)Nc2ccc(NC(=O)c3ccc(OC4CN5CCC4CC5)cn3)cc2)no1.CS(=O)(=O)O. The third-order valence-corrected chi connectivity index (χ3v) is 6.74. The third-order valence-electron chi connectivity index (χ3n) is 6.74. The highest BCUT2D eigenvalue weighted by atomic mass is 32.2. The molecule has 3 amide bonds. The largest absolute Gasteiger partial charge is 0.487 e. The van der Waals surface area contributed by atoms with Crippen LogP contribution in [0.5, 0.6) is 5.75 Å². The first-order valence-corrected chi connectivity index (χ1v) is 15.3. The molecule has 4 N–H and O–H groups in total. The summed E-state index contributed by atoms with van der Waals surface area (Å²) in [5, 5.41) is 12.1. The van der Waals surface area contributed by atoms with Gasteiger partial charge in [0.2, 0.25) is 0 Å². The van der Waals surface area contributed by atoms with E-state index >= 15 is 0 Å². The molecule has 3 saturated heterocycles.